The zero-order chi connectivity index (χ0) is 21.2. The summed E-state index contributed by atoms with van der Waals surface area (Å²) in [6.45, 7) is 4.52. The lowest BCUT2D eigenvalue weighted by Gasteiger charge is -2.12. The number of nitrogens with two attached hydrogens (primary N) is 1. The van der Waals surface area contributed by atoms with E-state index in [2.05, 4.69) is 15.7 Å². The van der Waals surface area contributed by atoms with Gasteiger partial charge >= 0.3 is 0 Å². The highest BCUT2D eigenvalue weighted by molar-refractivity contribution is 5.94. The molecule has 154 valence electrons. The number of amides is 1. The SMILES string of the molecule is CC.Cn1cncc1CCNC(=O)c1ccc(NN)c(Cc2ccc(F)cc2)c1. The number of aryl methyl sites for hydroxylation is 1. The molecule has 29 heavy (non-hydrogen) atoms. The second kappa shape index (κ2) is 11.0. The average molecular weight is 397 g/mol. The summed E-state index contributed by atoms with van der Waals surface area (Å²) >= 11 is 0. The topological polar surface area (TPSA) is 85.0 Å². The van der Waals surface area contributed by atoms with E-state index >= 15 is 0 Å². The van der Waals surface area contributed by atoms with Crippen molar-refractivity contribution in [3.05, 3.63) is 83.2 Å². The van der Waals surface area contributed by atoms with E-state index in [0.29, 0.717) is 24.9 Å². The number of benzene rings is 2. The summed E-state index contributed by atoms with van der Waals surface area (Å²) in [6, 6.07) is 11.6. The van der Waals surface area contributed by atoms with Gasteiger partial charge in [0.2, 0.25) is 0 Å². The second-order valence-corrected chi connectivity index (χ2v) is 6.32. The van der Waals surface area contributed by atoms with Crippen molar-refractivity contribution < 1.29 is 9.18 Å². The molecule has 6 nitrogen and oxygen atoms in total. The number of carbonyl (C=O) groups excluding carboxylic acids is 1. The van der Waals surface area contributed by atoms with Crippen molar-refractivity contribution in [3.63, 3.8) is 0 Å². The Morgan fingerprint density at radius 2 is 1.90 bits per heavy atom. The number of rotatable bonds is 7. The minimum absolute atomic E-state index is 0.152. The third kappa shape index (κ3) is 6.15. The predicted molar refractivity (Wildman–Crippen MR) is 114 cm³/mol. The van der Waals surface area contributed by atoms with E-state index in [0.717, 1.165) is 22.5 Å². The van der Waals surface area contributed by atoms with Crippen LogP contribution < -0.4 is 16.6 Å². The van der Waals surface area contributed by atoms with Crippen molar-refractivity contribution in [2.45, 2.75) is 26.7 Å². The molecule has 0 saturated carbocycles. The first-order valence-electron chi connectivity index (χ1n) is 9.64. The Morgan fingerprint density at radius 1 is 1.17 bits per heavy atom. The highest BCUT2D eigenvalue weighted by Crippen LogP contribution is 2.21. The Kier molecular flexibility index (Phi) is 8.36. The van der Waals surface area contributed by atoms with Crippen molar-refractivity contribution in [1.82, 2.24) is 14.9 Å². The van der Waals surface area contributed by atoms with Gasteiger partial charge in [0.25, 0.3) is 5.91 Å². The Hall–Kier alpha value is -3.19. The summed E-state index contributed by atoms with van der Waals surface area (Å²) in [6.07, 6.45) is 4.76. The van der Waals surface area contributed by atoms with Crippen LogP contribution in [-0.2, 0) is 19.9 Å². The number of nitrogen functional groups attached to an aromatic ring is 1. The van der Waals surface area contributed by atoms with Gasteiger partial charge in [0.15, 0.2) is 0 Å². The molecule has 2 aromatic carbocycles. The fourth-order valence-electron chi connectivity index (χ4n) is 2.88. The first-order chi connectivity index (χ1) is 14.1. The molecule has 3 rings (SSSR count). The van der Waals surface area contributed by atoms with Gasteiger partial charge in [-0.25, -0.2) is 9.37 Å². The van der Waals surface area contributed by atoms with Gasteiger partial charge in [0.05, 0.1) is 12.0 Å². The fourth-order valence-corrected chi connectivity index (χ4v) is 2.88. The molecule has 0 aliphatic rings. The van der Waals surface area contributed by atoms with Crippen molar-refractivity contribution in [3.8, 4) is 0 Å². The summed E-state index contributed by atoms with van der Waals surface area (Å²) in [5.74, 6) is 5.15. The Morgan fingerprint density at radius 3 is 2.52 bits per heavy atom. The normalized spacial score (nSPS) is 10.1. The minimum Gasteiger partial charge on any atom is -0.352 e. The summed E-state index contributed by atoms with van der Waals surface area (Å²) in [5.41, 5.74) is 6.77. The van der Waals surface area contributed by atoms with Crippen LogP contribution >= 0.6 is 0 Å². The van der Waals surface area contributed by atoms with Gasteiger partial charge in [-0.2, -0.15) is 0 Å². The second-order valence-electron chi connectivity index (χ2n) is 6.32. The molecule has 0 atom stereocenters. The maximum atomic E-state index is 13.1. The number of aromatic nitrogens is 2. The maximum absolute atomic E-state index is 13.1. The van der Waals surface area contributed by atoms with Crippen molar-refractivity contribution >= 4 is 11.6 Å². The van der Waals surface area contributed by atoms with E-state index in [1.165, 1.54) is 12.1 Å². The van der Waals surface area contributed by atoms with E-state index in [9.17, 15) is 9.18 Å². The molecule has 7 heteroatoms. The molecule has 1 amide bonds. The molecule has 0 spiro atoms. The Bertz CT molecular complexity index is 921. The van der Waals surface area contributed by atoms with Crippen LogP contribution in [0.1, 0.15) is 41.0 Å². The zero-order valence-electron chi connectivity index (χ0n) is 17.1. The van der Waals surface area contributed by atoms with Gasteiger partial charge in [-0.05, 0) is 47.9 Å². The highest BCUT2D eigenvalue weighted by Gasteiger charge is 2.10. The summed E-state index contributed by atoms with van der Waals surface area (Å²) in [7, 11) is 1.92. The number of anilines is 1. The van der Waals surface area contributed by atoms with Crippen molar-refractivity contribution in [1.29, 1.82) is 0 Å². The van der Waals surface area contributed by atoms with Crippen molar-refractivity contribution in [2.75, 3.05) is 12.0 Å². The van der Waals surface area contributed by atoms with Gasteiger partial charge in [0, 0.05) is 37.5 Å². The van der Waals surface area contributed by atoms with E-state index in [1.807, 2.05) is 25.5 Å². The van der Waals surface area contributed by atoms with Gasteiger partial charge in [-0.3, -0.25) is 10.6 Å². The van der Waals surface area contributed by atoms with Crippen LogP contribution in [0.4, 0.5) is 10.1 Å². The molecule has 1 heterocycles. The van der Waals surface area contributed by atoms with E-state index in [-0.39, 0.29) is 11.7 Å². The van der Waals surface area contributed by atoms with E-state index in [1.54, 1.807) is 42.9 Å². The summed E-state index contributed by atoms with van der Waals surface area (Å²) in [4.78, 5) is 16.5. The summed E-state index contributed by atoms with van der Waals surface area (Å²) < 4.78 is 15.0. The molecule has 0 saturated heterocycles. The third-order valence-corrected chi connectivity index (χ3v) is 4.41. The first-order valence-corrected chi connectivity index (χ1v) is 9.64. The van der Waals surface area contributed by atoms with E-state index in [4.69, 9.17) is 5.84 Å². The van der Waals surface area contributed by atoms with Crippen LogP contribution in [0.2, 0.25) is 0 Å². The number of hydrazine groups is 1. The van der Waals surface area contributed by atoms with Gasteiger partial charge in [-0.1, -0.05) is 26.0 Å². The number of imidazole rings is 1. The quantitative estimate of drug-likeness (QED) is 0.421. The van der Waals surface area contributed by atoms with Gasteiger partial charge < -0.3 is 15.3 Å². The maximum Gasteiger partial charge on any atom is 0.251 e. The molecular weight excluding hydrogens is 369 g/mol. The van der Waals surface area contributed by atoms with Crippen LogP contribution in [0.5, 0.6) is 0 Å². The summed E-state index contributed by atoms with van der Waals surface area (Å²) in [5, 5.41) is 2.92. The largest absolute Gasteiger partial charge is 0.352 e. The minimum atomic E-state index is -0.280. The molecule has 4 N–H and O–H groups in total. The Balaban J connectivity index is 0.00000145. The lowest BCUT2D eigenvalue weighted by Crippen LogP contribution is -2.26. The van der Waals surface area contributed by atoms with Crippen LogP contribution in [0, 0.1) is 5.82 Å². The molecule has 1 aromatic heterocycles. The smallest absolute Gasteiger partial charge is 0.251 e. The van der Waals surface area contributed by atoms with Crippen LogP contribution in [-0.4, -0.2) is 22.0 Å². The molecule has 0 radical (unpaired) electrons. The molecule has 0 aliphatic heterocycles. The average Bonchev–Trinajstić information content (AvgIpc) is 3.16. The first kappa shape index (κ1) is 22.1. The molecule has 0 aliphatic carbocycles. The lowest BCUT2D eigenvalue weighted by molar-refractivity contribution is 0.0954. The molecule has 3 aromatic rings. The number of nitrogens with one attached hydrogen (secondary N) is 2. The lowest BCUT2D eigenvalue weighted by atomic mass is 10.0. The number of nitrogens with zero attached hydrogens (tertiary/aromatic N) is 2. The molecule has 0 unspecified atom stereocenters. The van der Waals surface area contributed by atoms with Crippen LogP contribution in [0.15, 0.2) is 55.0 Å². The predicted octanol–water partition coefficient (Wildman–Crippen LogP) is 3.43. The van der Waals surface area contributed by atoms with E-state index < -0.39 is 0 Å². The monoisotopic (exact) mass is 397 g/mol. The number of hydrogen-bond donors (Lipinski definition) is 3. The molecule has 0 fully saturated rings. The van der Waals surface area contributed by atoms with Gasteiger partial charge in [-0.15, -0.1) is 0 Å². The number of halogens is 1. The van der Waals surface area contributed by atoms with Gasteiger partial charge in [0.1, 0.15) is 5.82 Å². The molecule has 0 bridgehead atoms. The zero-order valence-corrected chi connectivity index (χ0v) is 17.1. The molecular formula is C22H28FN5O. The van der Waals surface area contributed by atoms with Crippen molar-refractivity contribution in [2.24, 2.45) is 12.9 Å². The van der Waals surface area contributed by atoms with Crippen LogP contribution in [0.3, 0.4) is 0 Å². The fraction of sp³-hybridized carbons (Fsp3) is 0.273. The number of hydrogen-bond acceptors (Lipinski definition) is 4. The third-order valence-electron chi connectivity index (χ3n) is 4.41. The number of carbonyl (C=O) groups is 1. The Labute approximate surface area is 170 Å². The van der Waals surface area contributed by atoms with Crippen LogP contribution in [0.25, 0.3) is 0 Å². The highest BCUT2D eigenvalue weighted by atomic mass is 19.1. The standard InChI is InChI=1S/C20H22FN5O.C2H6/c1-26-13-23-12-18(26)8-9-24-20(27)15-4-7-19(25-22)16(11-15)10-14-2-5-17(21)6-3-14;1-2/h2-7,11-13,25H,8-10,22H2,1H3,(H,24,27);1-2H3.